The second-order valence-electron chi connectivity index (χ2n) is 4.55. The predicted molar refractivity (Wildman–Crippen MR) is 92.2 cm³/mol. The number of hydrogen-bond acceptors (Lipinski definition) is 4. The van der Waals surface area contributed by atoms with Gasteiger partial charge in [-0.25, -0.2) is 4.98 Å². The van der Waals surface area contributed by atoms with E-state index in [1.165, 1.54) is 0 Å². The van der Waals surface area contributed by atoms with Crippen molar-refractivity contribution < 1.29 is 8.22 Å². The van der Waals surface area contributed by atoms with E-state index in [2.05, 4.69) is 4.98 Å². The van der Waals surface area contributed by atoms with Gasteiger partial charge in [0.1, 0.15) is 5.82 Å². The highest BCUT2D eigenvalue weighted by molar-refractivity contribution is 7.99. The van der Waals surface area contributed by atoms with Crippen LogP contribution in [-0.4, -0.2) is 36.9 Å². The van der Waals surface area contributed by atoms with Gasteiger partial charge in [0.25, 0.3) is 0 Å². The average Bonchev–Trinajstić information content (AvgIpc) is 2.55. The van der Waals surface area contributed by atoms with Crippen molar-refractivity contribution in [3.05, 3.63) is 42.6 Å². The fourth-order valence-electron chi connectivity index (χ4n) is 2.28. The number of nitrogens with zero attached hydrogens (tertiary/aromatic N) is 3. The molecule has 3 nitrogen and oxygen atoms in total. The topological polar surface area (TPSA) is 19.4 Å². The van der Waals surface area contributed by atoms with E-state index in [-0.39, 0.29) is 19.0 Å². The van der Waals surface area contributed by atoms with Crippen LogP contribution in [0.1, 0.15) is 14.6 Å². The lowest BCUT2D eigenvalue weighted by atomic mass is 10.2. The maximum absolute atomic E-state index is 7.47. The molecule has 1 aliphatic heterocycles. The van der Waals surface area contributed by atoms with Crippen LogP contribution < -0.4 is 4.90 Å². The third-order valence-electron chi connectivity index (χ3n) is 3.15. The van der Waals surface area contributed by atoms with E-state index in [1.807, 2.05) is 41.3 Å². The molecule has 0 N–H and O–H groups in total. The van der Waals surface area contributed by atoms with Gasteiger partial charge in [0, 0.05) is 25.9 Å². The summed E-state index contributed by atoms with van der Waals surface area (Å²) in [6, 6.07) is 11.8. The van der Waals surface area contributed by atoms with Gasteiger partial charge in [0.15, 0.2) is 0 Å². The molecule has 0 saturated carbocycles. The highest BCUT2D eigenvalue weighted by Crippen LogP contribution is 2.46. The molecule has 112 valence electrons. The van der Waals surface area contributed by atoms with Crippen molar-refractivity contribution in [2.45, 2.75) is 16.2 Å². The van der Waals surface area contributed by atoms with Crippen LogP contribution in [0.15, 0.2) is 52.4 Å². The Balaban J connectivity index is 0.00000261. The van der Waals surface area contributed by atoms with E-state index in [4.69, 9.17) is 8.22 Å². The number of hydrogen-bond donors (Lipinski definition) is 0. The van der Waals surface area contributed by atoms with Crippen molar-refractivity contribution in [1.82, 2.24) is 9.88 Å². The van der Waals surface area contributed by atoms with Crippen molar-refractivity contribution in [2.75, 3.05) is 31.9 Å². The third kappa shape index (κ3) is 3.51. The van der Waals surface area contributed by atoms with Gasteiger partial charge in [0.05, 0.1) is 10.6 Å². The Hall–Kier alpha value is -1.23. The minimum atomic E-state index is -2.66. The normalized spacial score (nSPS) is 18.0. The van der Waals surface area contributed by atoms with Crippen molar-refractivity contribution in [3.8, 4) is 0 Å². The molecule has 1 aliphatic rings. The van der Waals surface area contributed by atoms with Gasteiger partial charge < -0.3 is 9.80 Å². The van der Waals surface area contributed by atoms with E-state index in [0.29, 0.717) is 17.9 Å². The van der Waals surface area contributed by atoms with Crippen LogP contribution in [0.5, 0.6) is 0 Å². The molecule has 0 fully saturated rings. The first kappa shape index (κ1) is 9.72. The van der Waals surface area contributed by atoms with Gasteiger partial charge in [0.2, 0.25) is 0 Å². The minimum Gasteiger partial charge on any atom is -0.324 e. The zero-order valence-electron chi connectivity index (χ0n) is 17.3. The number of para-hydroxylation sites is 1. The summed E-state index contributed by atoms with van der Waals surface area (Å²) in [4.78, 5) is 9.21. The van der Waals surface area contributed by atoms with Gasteiger partial charge >= 0.3 is 0 Å². The van der Waals surface area contributed by atoms with Gasteiger partial charge in [-0.15, -0.1) is 12.4 Å². The molecular weight excluding hydrogens is 302 g/mol. The lowest BCUT2D eigenvalue weighted by Crippen LogP contribution is -2.26. The van der Waals surface area contributed by atoms with Crippen molar-refractivity contribution >= 4 is 35.7 Å². The molecule has 0 saturated heterocycles. The predicted octanol–water partition coefficient (Wildman–Crippen LogP) is 4.06. The number of halogens is 1. The Labute approximate surface area is 145 Å². The van der Waals surface area contributed by atoms with Crippen molar-refractivity contribution in [1.29, 1.82) is 0 Å². The summed E-state index contributed by atoms with van der Waals surface area (Å²) < 4.78 is 44.8. The maximum Gasteiger partial charge on any atom is 0.147 e. The second-order valence-corrected chi connectivity index (χ2v) is 5.64. The van der Waals surface area contributed by atoms with E-state index in [0.717, 1.165) is 21.3 Å². The monoisotopic (exact) mass is 327 g/mol. The lowest BCUT2D eigenvalue weighted by Gasteiger charge is -2.31. The first-order valence-electron chi connectivity index (χ1n) is 9.45. The van der Waals surface area contributed by atoms with E-state index >= 15 is 0 Å². The maximum atomic E-state index is 7.47. The molecular formula is C16H20ClN3S. The van der Waals surface area contributed by atoms with Crippen LogP contribution in [-0.2, 0) is 0 Å². The smallest absolute Gasteiger partial charge is 0.147 e. The standard InChI is InChI=1S/C16H19N3S.ClH/c1-18(2)11-6-12-19-13-7-3-4-8-14(13)20-15-9-5-10-17-16(15)19;/h3-5,7-10H,6,11-12H2,1-2H3;1H/i1D3,2D3;. The summed E-state index contributed by atoms with van der Waals surface area (Å²) >= 11 is 1.64. The van der Waals surface area contributed by atoms with Crippen molar-refractivity contribution in [2.24, 2.45) is 0 Å². The number of anilines is 2. The first-order valence-corrected chi connectivity index (χ1v) is 7.27. The van der Waals surface area contributed by atoms with Crippen LogP contribution in [0.4, 0.5) is 11.5 Å². The van der Waals surface area contributed by atoms with E-state index < -0.39 is 14.0 Å². The Morgan fingerprint density at radius 1 is 1.19 bits per heavy atom. The SMILES string of the molecule is Cl.[2H]C([2H])([2H])N(CCCN1c2ccccc2Sc2cccnc21)C([2H])([2H])[2H]. The van der Waals surface area contributed by atoms with Crippen molar-refractivity contribution in [3.63, 3.8) is 0 Å². The fraction of sp³-hybridized carbons (Fsp3) is 0.312. The van der Waals surface area contributed by atoms with Gasteiger partial charge in [-0.3, -0.25) is 0 Å². The third-order valence-corrected chi connectivity index (χ3v) is 4.25. The van der Waals surface area contributed by atoms with Crippen LogP contribution in [0, 0.1) is 0 Å². The minimum absolute atomic E-state index is 0. The number of rotatable bonds is 4. The summed E-state index contributed by atoms with van der Waals surface area (Å²) in [7, 11) is 0. The zero-order valence-corrected chi connectivity index (χ0v) is 13.0. The molecule has 2 aromatic rings. The molecule has 0 spiro atoms. The summed E-state index contributed by atoms with van der Waals surface area (Å²) in [6.07, 6.45) is 2.10. The molecule has 3 rings (SSSR count). The summed E-state index contributed by atoms with van der Waals surface area (Å²) in [5.74, 6) is 0.811. The lowest BCUT2D eigenvalue weighted by molar-refractivity contribution is 0.402. The Morgan fingerprint density at radius 3 is 2.86 bits per heavy atom. The van der Waals surface area contributed by atoms with Gasteiger partial charge in [-0.1, -0.05) is 23.9 Å². The second kappa shape index (κ2) is 7.16. The summed E-state index contributed by atoms with van der Waals surface area (Å²) in [5, 5.41) is 0. The Bertz CT molecular complexity index is 724. The Kier molecular flexibility index (Phi) is 3.31. The molecule has 0 aliphatic carbocycles. The summed E-state index contributed by atoms with van der Waals surface area (Å²) in [5.41, 5.74) is 0.998. The largest absolute Gasteiger partial charge is 0.324 e. The Morgan fingerprint density at radius 2 is 2.00 bits per heavy atom. The molecule has 21 heavy (non-hydrogen) atoms. The van der Waals surface area contributed by atoms with Crippen LogP contribution in [0.3, 0.4) is 0 Å². The average molecular weight is 328 g/mol. The molecule has 0 unspecified atom stereocenters. The highest BCUT2D eigenvalue weighted by Gasteiger charge is 2.23. The first-order chi connectivity index (χ1) is 12.2. The molecule has 0 atom stereocenters. The summed E-state index contributed by atoms with van der Waals surface area (Å²) in [6.45, 7) is -4.89. The number of aromatic nitrogens is 1. The molecule has 0 bridgehead atoms. The van der Waals surface area contributed by atoms with Crippen LogP contribution in [0.25, 0.3) is 0 Å². The van der Waals surface area contributed by atoms with E-state index in [9.17, 15) is 0 Å². The molecule has 1 aromatic heterocycles. The number of pyridine rings is 1. The van der Waals surface area contributed by atoms with Crippen LogP contribution >= 0.6 is 24.2 Å². The molecule has 5 heteroatoms. The number of fused-ring (bicyclic) bond motifs is 2. The van der Waals surface area contributed by atoms with E-state index in [1.54, 1.807) is 18.0 Å². The highest BCUT2D eigenvalue weighted by atomic mass is 35.5. The fourth-order valence-corrected chi connectivity index (χ4v) is 3.34. The molecule has 0 amide bonds. The van der Waals surface area contributed by atoms with Gasteiger partial charge in [-0.2, -0.15) is 0 Å². The quantitative estimate of drug-likeness (QED) is 0.843. The molecule has 1 aromatic carbocycles. The zero-order chi connectivity index (χ0) is 18.9. The number of benzene rings is 1. The molecule has 2 heterocycles. The molecule has 0 radical (unpaired) electrons. The van der Waals surface area contributed by atoms with Gasteiger partial charge in [-0.05, 0) is 51.2 Å². The van der Waals surface area contributed by atoms with Crippen LogP contribution in [0.2, 0.25) is 0 Å².